The van der Waals surface area contributed by atoms with Crippen LogP contribution >= 0.6 is 23.8 Å². The Labute approximate surface area is 171 Å². The second-order valence-corrected chi connectivity index (χ2v) is 7.02. The highest BCUT2D eigenvalue weighted by molar-refractivity contribution is 7.80. The smallest absolute Gasteiger partial charge is 0.383 e. The molecule has 0 spiro atoms. The van der Waals surface area contributed by atoms with Crippen LogP contribution in [0.2, 0.25) is 5.02 Å². The molecule has 1 heterocycles. The number of ether oxygens (including phenoxy) is 1. The lowest BCUT2D eigenvalue weighted by Crippen LogP contribution is -2.53. The van der Waals surface area contributed by atoms with Crippen LogP contribution in [0.15, 0.2) is 18.2 Å². The summed E-state index contributed by atoms with van der Waals surface area (Å²) in [5.41, 5.74) is -0.918. The topological polar surface area (TPSA) is 56.8 Å². The number of benzene rings is 1. The highest BCUT2D eigenvalue weighted by Crippen LogP contribution is 2.36. The molecule has 1 saturated heterocycles. The summed E-state index contributed by atoms with van der Waals surface area (Å²) in [5, 5.41) is 5.82. The molecule has 1 aliphatic rings. The van der Waals surface area contributed by atoms with Crippen molar-refractivity contribution in [2.75, 3.05) is 58.3 Å². The third kappa shape index (κ3) is 6.77. The van der Waals surface area contributed by atoms with Gasteiger partial charge in [-0.2, -0.15) is 13.2 Å². The lowest BCUT2D eigenvalue weighted by atomic mass is 10.2. The van der Waals surface area contributed by atoms with E-state index >= 15 is 0 Å². The predicted octanol–water partition coefficient (Wildman–Crippen LogP) is 2.44. The first kappa shape index (κ1) is 22.7. The lowest BCUT2D eigenvalue weighted by Gasteiger charge is -2.35. The largest absolute Gasteiger partial charge is 0.417 e. The summed E-state index contributed by atoms with van der Waals surface area (Å²) in [6.07, 6.45) is -4.58. The number of thiocarbonyl (C=S) groups is 1. The van der Waals surface area contributed by atoms with E-state index in [2.05, 4.69) is 10.6 Å². The first-order valence-electron chi connectivity index (χ1n) is 8.61. The molecule has 6 nitrogen and oxygen atoms in total. The van der Waals surface area contributed by atoms with Gasteiger partial charge in [0.15, 0.2) is 5.11 Å². The van der Waals surface area contributed by atoms with Gasteiger partial charge in [-0.15, -0.1) is 0 Å². The Kier molecular flexibility index (Phi) is 8.29. The Morgan fingerprint density at radius 2 is 1.96 bits per heavy atom. The fraction of sp³-hybridized carbons (Fsp3) is 0.529. The number of nitrogens with one attached hydrogen (secondary N) is 2. The number of piperazine rings is 1. The number of halogens is 4. The van der Waals surface area contributed by atoms with Crippen LogP contribution in [0.4, 0.5) is 18.9 Å². The highest BCUT2D eigenvalue weighted by Gasteiger charge is 2.33. The molecule has 1 aromatic rings. The fourth-order valence-electron chi connectivity index (χ4n) is 2.70. The van der Waals surface area contributed by atoms with Crippen molar-refractivity contribution >= 4 is 40.5 Å². The predicted molar refractivity (Wildman–Crippen MR) is 106 cm³/mol. The zero-order valence-electron chi connectivity index (χ0n) is 15.3. The van der Waals surface area contributed by atoms with E-state index in [4.69, 9.17) is 28.6 Å². The third-order valence-corrected chi connectivity index (χ3v) is 4.90. The van der Waals surface area contributed by atoms with E-state index in [1.165, 1.54) is 6.07 Å². The van der Waals surface area contributed by atoms with Gasteiger partial charge in [-0.25, -0.2) is 0 Å². The van der Waals surface area contributed by atoms with Crippen LogP contribution in [0.5, 0.6) is 0 Å². The quantitative estimate of drug-likeness (QED) is 0.525. The van der Waals surface area contributed by atoms with Crippen LogP contribution in [0.3, 0.4) is 0 Å². The molecule has 0 saturated carbocycles. The Morgan fingerprint density at radius 1 is 1.29 bits per heavy atom. The second kappa shape index (κ2) is 10.2. The minimum Gasteiger partial charge on any atom is -0.383 e. The standard InChI is InChI=1S/C17H22ClF3N4O2S/c1-27-9-4-22-16(28)25-7-5-24(6-8-25)11-15(26)23-12-2-3-14(18)13(10-12)17(19,20)21/h2-3,10H,4-9,11H2,1H3,(H,22,28)(H,23,26). The fourth-order valence-corrected chi connectivity index (χ4v) is 3.21. The van der Waals surface area contributed by atoms with Crippen molar-refractivity contribution in [3.05, 3.63) is 28.8 Å². The van der Waals surface area contributed by atoms with Crippen molar-refractivity contribution in [2.24, 2.45) is 0 Å². The number of methoxy groups -OCH3 is 1. The number of rotatable bonds is 6. The minimum absolute atomic E-state index is 0.0591. The van der Waals surface area contributed by atoms with E-state index in [0.717, 1.165) is 12.1 Å². The van der Waals surface area contributed by atoms with Crippen molar-refractivity contribution < 1.29 is 22.7 Å². The molecule has 1 aliphatic heterocycles. The van der Waals surface area contributed by atoms with Gasteiger partial charge < -0.3 is 20.3 Å². The summed E-state index contributed by atoms with van der Waals surface area (Å²) in [6.45, 7) is 3.82. The number of hydrogen-bond acceptors (Lipinski definition) is 4. The molecule has 1 amide bonds. The first-order valence-corrected chi connectivity index (χ1v) is 9.40. The molecule has 11 heteroatoms. The molecule has 28 heavy (non-hydrogen) atoms. The van der Waals surface area contributed by atoms with E-state index in [1.54, 1.807) is 7.11 Å². The van der Waals surface area contributed by atoms with E-state index in [0.29, 0.717) is 44.4 Å². The molecule has 0 aliphatic carbocycles. The zero-order valence-corrected chi connectivity index (χ0v) is 16.9. The minimum atomic E-state index is -4.58. The first-order chi connectivity index (χ1) is 13.2. The van der Waals surface area contributed by atoms with E-state index < -0.39 is 16.8 Å². The molecule has 0 unspecified atom stereocenters. The van der Waals surface area contributed by atoms with Crippen LogP contribution in [0.25, 0.3) is 0 Å². The van der Waals surface area contributed by atoms with Gasteiger partial charge in [-0.1, -0.05) is 11.6 Å². The van der Waals surface area contributed by atoms with Crippen molar-refractivity contribution in [2.45, 2.75) is 6.18 Å². The number of carbonyl (C=O) groups excluding carboxylic acids is 1. The summed E-state index contributed by atoms with van der Waals surface area (Å²) < 4.78 is 43.7. The molecule has 0 bridgehead atoms. The van der Waals surface area contributed by atoms with E-state index in [1.807, 2.05) is 9.80 Å². The summed E-state index contributed by atoms with van der Waals surface area (Å²) >= 11 is 10.9. The van der Waals surface area contributed by atoms with Crippen molar-refractivity contribution in [3.63, 3.8) is 0 Å². The Hall–Kier alpha value is -1.62. The molecule has 2 rings (SSSR count). The van der Waals surface area contributed by atoms with Gasteiger partial charge in [-0.05, 0) is 30.4 Å². The van der Waals surface area contributed by atoms with Crippen LogP contribution in [0.1, 0.15) is 5.56 Å². The van der Waals surface area contributed by atoms with Gasteiger partial charge in [0.1, 0.15) is 0 Å². The van der Waals surface area contributed by atoms with Gasteiger partial charge >= 0.3 is 6.18 Å². The summed E-state index contributed by atoms with van der Waals surface area (Å²) in [4.78, 5) is 16.1. The van der Waals surface area contributed by atoms with Gasteiger partial charge in [0.25, 0.3) is 0 Å². The molecule has 1 aromatic carbocycles. The SMILES string of the molecule is COCCNC(=S)N1CCN(CC(=O)Nc2ccc(Cl)c(C(F)(F)F)c2)CC1. The second-order valence-electron chi connectivity index (χ2n) is 6.23. The molecular formula is C17H22ClF3N4O2S. The Bertz CT molecular complexity index is 697. The molecular weight excluding hydrogens is 417 g/mol. The average molecular weight is 439 g/mol. The van der Waals surface area contributed by atoms with E-state index in [9.17, 15) is 18.0 Å². The zero-order chi connectivity index (χ0) is 20.7. The Morgan fingerprint density at radius 3 is 2.57 bits per heavy atom. The van der Waals surface area contributed by atoms with Crippen LogP contribution in [-0.4, -0.2) is 73.8 Å². The number of alkyl halides is 3. The lowest BCUT2D eigenvalue weighted by molar-refractivity contribution is -0.137. The van der Waals surface area contributed by atoms with Gasteiger partial charge in [0.05, 0.1) is 23.7 Å². The molecule has 0 atom stereocenters. The van der Waals surface area contributed by atoms with Crippen molar-refractivity contribution in [1.29, 1.82) is 0 Å². The summed E-state index contributed by atoms with van der Waals surface area (Å²) in [6, 6.07) is 3.30. The molecule has 1 fully saturated rings. The highest BCUT2D eigenvalue weighted by atomic mass is 35.5. The van der Waals surface area contributed by atoms with Crippen LogP contribution in [-0.2, 0) is 15.7 Å². The normalized spacial score (nSPS) is 15.4. The Balaban J connectivity index is 1.81. The van der Waals surface area contributed by atoms with Crippen molar-refractivity contribution in [3.8, 4) is 0 Å². The monoisotopic (exact) mass is 438 g/mol. The van der Waals surface area contributed by atoms with Gasteiger partial charge in [0, 0.05) is 45.5 Å². The third-order valence-electron chi connectivity index (χ3n) is 4.16. The maximum atomic E-state index is 12.9. The van der Waals surface area contributed by atoms with E-state index in [-0.39, 0.29) is 18.1 Å². The number of hydrogen-bond donors (Lipinski definition) is 2. The van der Waals surface area contributed by atoms with Crippen molar-refractivity contribution in [1.82, 2.24) is 15.1 Å². The molecule has 2 N–H and O–H groups in total. The number of carbonyl (C=O) groups is 1. The summed E-state index contributed by atoms with van der Waals surface area (Å²) in [7, 11) is 1.61. The number of anilines is 1. The maximum absolute atomic E-state index is 12.9. The molecule has 156 valence electrons. The molecule has 0 aromatic heterocycles. The number of amides is 1. The van der Waals surface area contributed by atoms with Gasteiger partial charge in [-0.3, -0.25) is 9.69 Å². The molecule has 0 radical (unpaired) electrons. The van der Waals surface area contributed by atoms with Gasteiger partial charge in [0.2, 0.25) is 5.91 Å². The van der Waals surface area contributed by atoms with Crippen LogP contribution < -0.4 is 10.6 Å². The average Bonchev–Trinajstić information content (AvgIpc) is 2.63. The summed E-state index contributed by atoms with van der Waals surface area (Å²) in [5.74, 6) is -0.385. The van der Waals surface area contributed by atoms with Crippen LogP contribution in [0, 0.1) is 0 Å². The maximum Gasteiger partial charge on any atom is 0.417 e. The number of nitrogens with zero attached hydrogens (tertiary/aromatic N) is 2.